The van der Waals surface area contributed by atoms with Gasteiger partial charge in [-0.15, -0.1) is 0 Å². The molecular formula is C20H18N4O. The lowest BCUT2D eigenvalue weighted by molar-refractivity contribution is -0.114. The summed E-state index contributed by atoms with van der Waals surface area (Å²) in [6.45, 7) is 1.32. The Morgan fingerprint density at radius 2 is 1.56 bits per heavy atom. The zero-order valence-corrected chi connectivity index (χ0v) is 14.0. The summed E-state index contributed by atoms with van der Waals surface area (Å²) < 4.78 is 0. The van der Waals surface area contributed by atoms with Crippen LogP contribution in [0.3, 0.4) is 0 Å². The van der Waals surface area contributed by atoms with E-state index in [0.29, 0.717) is 12.4 Å². The largest absolute Gasteiger partial charge is 0.355 e. The third-order valence-electron chi connectivity index (χ3n) is 4.29. The van der Waals surface area contributed by atoms with Crippen molar-refractivity contribution in [3.05, 3.63) is 66.2 Å². The van der Waals surface area contributed by atoms with Gasteiger partial charge in [-0.3, -0.25) is 9.69 Å². The van der Waals surface area contributed by atoms with E-state index in [9.17, 15) is 4.79 Å². The van der Waals surface area contributed by atoms with Crippen LogP contribution in [0.2, 0.25) is 0 Å². The lowest BCUT2D eigenvalue weighted by Crippen LogP contribution is -2.43. The topological polar surface area (TPSA) is 49.3 Å². The molecule has 2 heterocycles. The third kappa shape index (κ3) is 2.96. The summed E-state index contributed by atoms with van der Waals surface area (Å²) in [5.74, 6) is 1.28. The van der Waals surface area contributed by atoms with Gasteiger partial charge >= 0.3 is 0 Å². The quantitative estimate of drug-likeness (QED) is 0.678. The predicted octanol–water partition coefficient (Wildman–Crippen LogP) is 3.13. The Morgan fingerprint density at radius 3 is 2.28 bits per heavy atom. The molecule has 0 bridgehead atoms. The summed E-state index contributed by atoms with van der Waals surface area (Å²) in [6, 6.07) is 17.5. The van der Waals surface area contributed by atoms with Crippen molar-refractivity contribution in [1.29, 1.82) is 0 Å². The van der Waals surface area contributed by atoms with E-state index < -0.39 is 0 Å². The molecule has 1 aliphatic heterocycles. The van der Waals surface area contributed by atoms with E-state index >= 15 is 0 Å². The van der Waals surface area contributed by atoms with Crippen molar-refractivity contribution in [1.82, 2.24) is 9.97 Å². The molecule has 3 aromatic rings. The van der Waals surface area contributed by atoms with Gasteiger partial charge in [0.1, 0.15) is 0 Å². The molecule has 124 valence electrons. The van der Waals surface area contributed by atoms with Crippen LogP contribution in [0.4, 0.5) is 11.6 Å². The second-order valence-corrected chi connectivity index (χ2v) is 6.01. The molecule has 25 heavy (non-hydrogen) atoms. The highest BCUT2D eigenvalue weighted by Gasteiger charge is 2.27. The molecule has 0 fully saturated rings. The van der Waals surface area contributed by atoms with Crippen LogP contribution < -0.4 is 9.80 Å². The second-order valence-electron chi connectivity index (χ2n) is 6.01. The number of hydrogen-bond donors (Lipinski definition) is 0. The zero-order chi connectivity index (χ0) is 17.2. The first-order valence-electron chi connectivity index (χ1n) is 8.25. The summed E-state index contributed by atoms with van der Waals surface area (Å²) in [4.78, 5) is 25.9. The third-order valence-corrected chi connectivity index (χ3v) is 4.29. The van der Waals surface area contributed by atoms with Crippen molar-refractivity contribution in [2.75, 3.05) is 29.9 Å². The number of fused-ring (bicyclic) bond motifs is 2. The van der Waals surface area contributed by atoms with Gasteiger partial charge in [0.05, 0.1) is 11.0 Å². The number of nitrogens with zero attached hydrogens (tertiary/aromatic N) is 4. The number of aromatic nitrogens is 2. The Bertz CT molecular complexity index is 952. The molecule has 0 N–H and O–H groups in total. The maximum absolute atomic E-state index is 12.7. The summed E-state index contributed by atoms with van der Waals surface area (Å²) in [7, 11) is 1.98. The maximum Gasteiger partial charge on any atom is 0.252 e. The summed E-state index contributed by atoms with van der Waals surface area (Å²) >= 11 is 0. The lowest BCUT2D eigenvalue weighted by atomic mass is 10.2. The molecular weight excluding hydrogens is 312 g/mol. The summed E-state index contributed by atoms with van der Waals surface area (Å²) in [5, 5.41) is 0. The Hall–Kier alpha value is -3.21. The zero-order valence-electron chi connectivity index (χ0n) is 14.0. The molecule has 0 aliphatic carbocycles. The average Bonchev–Trinajstić information content (AvgIpc) is 2.66. The minimum Gasteiger partial charge on any atom is -0.355 e. The van der Waals surface area contributed by atoms with Crippen LogP contribution >= 0.6 is 0 Å². The molecule has 0 atom stereocenters. The van der Waals surface area contributed by atoms with Gasteiger partial charge in [0.15, 0.2) is 11.6 Å². The Kier molecular flexibility index (Phi) is 3.90. The first-order chi connectivity index (χ1) is 12.2. The first-order valence-corrected chi connectivity index (χ1v) is 8.25. The highest BCUT2D eigenvalue weighted by molar-refractivity contribution is 6.05. The molecule has 4 rings (SSSR count). The number of rotatable bonds is 2. The molecule has 1 amide bonds. The average molecular weight is 330 g/mol. The van der Waals surface area contributed by atoms with E-state index in [1.54, 1.807) is 11.0 Å². The first kappa shape index (κ1) is 15.3. The number of para-hydroxylation sites is 2. The standard InChI is InChI=1S/C20H18N4O/c1-23-13-14-24(18(25)12-11-15-7-3-2-4-8-15)20-19(23)21-16-9-5-6-10-17(16)22-20/h2-12H,13-14H2,1H3/b12-11+. The smallest absolute Gasteiger partial charge is 0.252 e. The molecule has 5 nitrogen and oxygen atoms in total. The van der Waals surface area contributed by atoms with Crippen LogP contribution in [0.25, 0.3) is 17.1 Å². The van der Waals surface area contributed by atoms with Crippen molar-refractivity contribution in [2.24, 2.45) is 0 Å². The fourth-order valence-electron chi connectivity index (χ4n) is 2.92. The monoisotopic (exact) mass is 330 g/mol. The van der Waals surface area contributed by atoms with E-state index in [0.717, 1.165) is 29.0 Å². The van der Waals surface area contributed by atoms with Crippen LogP contribution in [-0.2, 0) is 4.79 Å². The highest BCUT2D eigenvalue weighted by Crippen LogP contribution is 2.30. The number of benzene rings is 2. The molecule has 0 unspecified atom stereocenters. The van der Waals surface area contributed by atoms with Crippen LogP contribution in [0, 0.1) is 0 Å². The summed E-state index contributed by atoms with van der Waals surface area (Å²) in [5.41, 5.74) is 2.62. The number of hydrogen-bond acceptors (Lipinski definition) is 4. The Labute approximate surface area is 146 Å². The molecule has 0 saturated carbocycles. The SMILES string of the molecule is CN1CCN(C(=O)/C=C/c2ccccc2)c2nc3ccccc3nc21. The normalized spacial score (nSPS) is 14.1. The number of amides is 1. The van der Waals surface area contributed by atoms with Crippen LogP contribution in [0.1, 0.15) is 5.56 Å². The fraction of sp³-hybridized carbons (Fsp3) is 0.150. The van der Waals surface area contributed by atoms with Gasteiger partial charge in [0.2, 0.25) is 0 Å². The molecule has 0 radical (unpaired) electrons. The van der Waals surface area contributed by atoms with E-state index in [2.05, 4.69) is 0 Å². The molecule has 2 aromatic carbocycles. The van der Waals surface area contributed by atoms with Crippen molar-refractivity contribution in [3.63, 3.8) is 0 Å². The maximum atomic E-state index is 12.7. The van der Waals surface area contributed by atoms with Crippen LogP contribution in [0.15, 0.2) is 60.7 Å². The summed E-state index contributed by atoms with van der Waals surface area (Å²) in [6.07, 6.45) is 3.43. The number of anilines is 2. The highest BCUT2D eigenvalue weighted by atomic mass is 16.2. The van der Waals surface area contributed by atoms with E-state index in [1.165, 1.54) is 0 Å². The second kappa shape index (κ2) is 6.36. The van der Waals surface area contributed by atoms with Gasteiger partial charge in [0.25, 0.3) is 5.91 Å². The fourth-order valence-corrected chi connectivity index (χ4v) is 2.92. The lowest BCUT2D eigenvalue weighted by Gasteiger charge is -2.33. The van der Waals surface area contributed by atoms with Crippen molar-refractivity contribution in [3.8, 4) is 0 Å². The molecule has 5 heteroatoms. The van der Waals surface area contributed by atoms with Crippen LogP contribution in [0.5, 0.6) is 0 Å². The minimum absolute atomic E-state index is 0.0808. The number of carbonyl (C=O) groups is 1. The van der Waals surface area contributed by atoms with Gasteiger partial charge in [0, 0.05) is 26.2 Å². The van der Waals surface area contributed by atoms with Gasteiger partial charge in [-0.05, 0) is 23.8 Å². The van der Waals surface area contributed by atoms with Crippen molar-refractivity contribution >= 4 is 34.7 Å². The van der Waals surface area contributed by atoms with Crippen molar-refractivity contribution < 1.29 is 4.79 Å². The van der Waals surface area contributed by atoms with Crippen LogP contribution in [-0.4, -0.2) is 36.0 Å². The van der Waals surface area contributed by atoms with Gasteiger partial charge < -0.3 is 4.90 Å². The number of likely N-dealkylation sites (N-methyl/N-ethyl adjacent to an activating group) is 1. The van der Waals surface area contributed by atoms with Gasteiger partial charge in [-0.1, -0.05) is 42.5 Å². The molecule has 0 saturated heterocycles. The van der Waals surface area contributed by atoms with E-state index in [-0.39, 0.29) is 5.91 Å². The van der Waals surface area contributed by atoms with Gasteiger partial charge in [-0.2, -0.15) is 0 Å². The minimum atomic E-state index is -0.0808. The Balaban J connectivity index is 1.70. The number of carbonyl (C=O) groups excluding carboxylic acids is 1. The van der Waals surface area contributed by atoms with E-state index in [1.807, 2.05) is 72.6 Å². The molecule has 1 aromatic heterocycles. The van der Waals surface area contributed by atoms with Crippen molar-refractivity contribution in [2.45, 2.75) is 0 Å². The predicted molar refractivity (Wildman–Crippen MR) is 101 cm³/mol. The van der Waals surface area contributed by atoms with Gasteiger partial charge in [-0.25, -0.2) is 9.97 Å². The molecule has 0 spiro atoms. The molecule has 1 aliphatic rings. The van der Waals surface area contributed by atoms with E-state index in [4.69, 9.17) is 9.97 Å². The Morgan fingerprint density at radius 1 is 0.920 bits per heavy atom.